The molecule has 0 bridgehead atoms. The smallest absolute Gasteiger partial charge is 0.0914 e. The summed E-state index contributed by atoms with van der Waals surface area (Å²) in [7, 11) is 0. The molecule has 0 aliphatic rings. The summed E-state index contributed by atoms with van der Waals surface area (Å²) in [5.41, 5.74) is 2.34. The molecule has 0 fully saturated rings. The van der Waals surface area contributed by atoms with Gasteiger partial charge in [0.1, 0.15) is 0 Å². The van der Waals surface area contributed by atoms with E-state index in [0.29, 0.717) is 6.54 Å². The average molecular weight is 255 g/mol. The number of hydrogen-bond acceptors (Lipinski definition) is 2. The number of rotatable bonds is 7. The normalized spacial score (nSPS) is 12.3. The lowest BCUT2D eigenvalue weighted by atomic mass is 10.1. The Hall–Kier alpha value is -1.64. The van der Waals surface area contributed by atoms with E-state index in [1.54, 1.807) is 0 Å². The first-order valence-corrected chi connectivity index (χ1v) is 6.84. The summed E-state index contributed by atoms with van der Waals surface area (Å²) in [6, 6.07) is 20.3. The molecule has 2 nitrogen and oxygen atoms in total. The summed E-state index contributed by atoms with van der Waals surface area (Å²) in [5.74, 6) is 0. The monoisotopic (exact) mass is 255 g/mol. The first kappa shape index (κ1) is 13.8. The standard InChI is InChI=1S/C17H21NO/c19-17(16-11-5-2-6-12-16)14-18-13-7-10-15-8-3-1-4-9-15/h1-6,8-9,11-12,17-19H,7,10,13-14H2/t17-/m1/s1. The van der Waals surface area contributed by atoms with Gasteiger partial charge in [-0.1, -0.05) is 60.7 Å². The maximum atomic E-state index is 9.97. The van der Waals surface area contributed by atoms with Crippen molar-refractivity contribution in [1.29, 1.82) is 0 Å². The molecule has 100 valence electrons. The first-order chi connectivity index (χ1) is 9.36. The Labute approximate surface area is 115 Å². The minimum absolute atomic E-state index is 0.419. The third kappa shape index (κ3) is 4.86. The van der Waals surface area contributed by atoms with Gasteiger partial charge in [-0.15, -0.1) is 0 Å². The van der Waals surface area contributed by atoms with Crippen LogP contribution >= 0.6 is 0 Å². The molecular weight excluding hydrogens is 234 g/mol. The molecule has 0 heterocycles. The highest BCUT2D eigenvalue weighted by Gasteiger charge is 2.05. The van der Waals surface area contributed by atoms with Crippen molar-refractivity contribution < 1.29 is 5.11 Å². The van der Waals surface area contributed by atoms with E-state index in [2.05, 4.69) is 29.6 Å². The molecule has 0 radical (unpaired) electrons. The van der Waals surface area contributed by atoms with Crippen LogP contribution in [0.1, 0.15) is 23.7 Å². The lowest BCUT2D eigenvalue weighted by Crippen LogP contribution is -2.22. The van der Waals surface area contributed by atoms with Crippen molar-refractivity contribution in [3.8, 4) is 0 Å². The van der Waals surface area contributed by atoms with Crippen LogP contribution in [0.5, 0.6) is 0 Å². The van der Waals surface area contributed by atoms with E-state index < -0.39 is 6.10 Å². The number of hydrogen-bond donors (Lipinski definition) is 2. The predicted molar refractivity (Wildman–Crippen MR) is 79.0 cm³/mol. The molecule has 0 saturated carbocycles. The maximum absolute atomic E-state index is 9.97. The van der Waals surface area contributed by atoms with Gasteiger partial charge in [-0.05, 0) is 30.5 Å². The number of benzene rings is 2. The molecule has 1 atom stereocenters. The Bertz CT molecular complexity index is 455. The van der Waals surface area contributed by atoms with E-state index >= 15 is 0 Å². The van der Waals surface area contributed by atoms with Gasteiger partial charge < -0.3 is 10.4 Å². The van der Waals surface area contributed by atoms with Crippen molar-refractivity contribution in [3.63, 3.8) is 0 Å². The largest absolute Gasteiger partial charge is 0.387 e. The summed E-state index contributed by atoms with van der Waals surface area (Å²) in [5, 5.41) is 13.3. The van der Waals surface area contributed by atoms with Gasteiger partial charge in [0.05, 0.1) is 6.10 Å². The van der Waals surface area contributed by atoms with Crippen LogP contribution in [0, 0.1) is 0 Å². The van der Waals surface area contributed by atoms with E-state index in [4.69, 9.17) is 0 Å². The van der Waals surface area contributed by atoms with E-state index in [0.717, 1.165) is 24.9 Å². The topological polar surface area (TPSA) is 32.3 Å². The zero-order valence-corrected chi connectivity index (χ0v) is 11.1. The second kappa shape index (κ2) is 7.72. The zero-order chi connectivity index (χ0) is 13.3. The van der Waals surface area contributed by atoms with Crippen LogP contribution in [0.3, 0.4) is 0 Å². The minimum atomic E-state index is -0.419. The van der Waals surface area contributed by atoms with E-state index in [9.17, 15) is 5.11 Å². The minimum Gasteiger partial charge on any atom is -0.387 e. The molecule has 0 aliphatic heterocycles. The Morgan fingerprint density at radius 2 is 1.53 bits per heavy atom. The Morgan fingerprint density at radius 3 is 2.21 bits per heavy atom. The van der Waals surface area contributed by atoms with Crippen LogP contribution < -0.4 is 5.32 Å². The van der Waals surface area contributed by atoms with Gasteiger partial charge in [0.15, 0.2) is 0 Å². The fourth-order valence-electron chi connectivity index (χ4n) is 2.09. The average Bonchev–Trinajstić information content (AvgIpc) is 2.49. The van der Waals surface area contributed by atoms with Crippen molar-refractivity contribution in [1.82, 2.24) is 5.32 Å². The zero-order valence-electron chi connectivity index (χ0n) is 11.1. The molecule has 0 aliphatic carbocycles. The van der Waals surface area contributed by atoms with Gasteiger partial charge in [-0.25, -0.2) is 0 Å². The van der Waals surface area contributed by atoms with Crippen molar-refractivity contribution in [2.45, 2.75) is 18.9 Å². The molecule has 2 N–H and O–H groups in total. The van der Waals surface area contributed by atoms with Gasteiger partial charge in [-0.2, -0.15) is 0 Å². The SMILES string of the molecule is O[C@H](CNCCCc1ccccc1)c1ccccc1. The fraction of sp³-hybridized carbons (Fsp3) is 0.294. The summed E-state index contributed by atoms with van der Waals surface area (Å²) in [6.45, 7) is 1.54. The summed E-state index contributed by atoms with van der Waals surface area (Å²) >= 11 is 0. The van der Waals surface area contributed by atoms with Crippen molar-refractivity contribution in [2.24, 2.45) is 0 Å². The van der Waals surface area contributed by atoms with Crippen LogP contribution in [0.15, 0.2) is 60.7 Å². The molecule has 0 aromatic heterocycles. The highest BCUT2D eigenvalue weighted by atomic mass is 16.3. The second-order valence-corrected chi connectivity index (χ2v) is 4.72. The first-order valence-electron chi connectivity index (χ1n) is 6.84. The number of aliphatic hydroxyl groups excluding tert-OH is 1. The molecule has 19 heavy (non-hydrogen) atoms. The highest BCUT2D eigenvalue weighted by molar-refractivity contribution is 5.17. The van der Waals surface area contributed by atoms with E-state index in [1.807, 2.05) is 36.4 Å². The second-order valence-electron chi connectivity index (χ2n) is 4.72. The molecule has 0 spiro atoms. The van der Waals surface area contributed by atoms with Gasteiger partial charge in [0.25, 0.3) is 0 Å². The van der Waals surface area contributed by atoms with Crippen LogP contribution in [-0.4, -0.2) is 18.2 Å². The summed E-state index contributed by atoms with van der Waals surface area (Å²) in [6.07, 6.45) is 1.75. The Morgan fingerprint density at radius 1 is 0.895 bits per heavy atom. The number of nitrogens with one attached hydrogen (secondary N) is 1. The maximum Gasteiger partial charge on any atom is 0.0914 e. The van der Waals surface area contributed by atoms with Gasteiger partial charge in [-0.3, -0.25) is 0 Å². The third-order valence-electron chi connectivity index (χ3n) is 3.18. The molecule has 2 heteroatoms. The van der Waals surface area contributed by atoms with E-state index in [1.165, 1.54) is 5.56 Å². The van der Waals surface area contributed by atoms with Crippen molar-refractivity contribution in [3.05, 3.63) is 71.8 Å². The van der Waals surface area contributed by atoms with Crippen LogP contribution in [-0.2, 0) is 6.42 Å². The molecular formula is C17H21NO. The van der Waals surface area contributed by atoms with Gasteiger partial charge in [0, 0.05) is 6.54 Å². The van der Waals surface area contributed by atoms with E-state index in [-0.39, 0.29) is 0 Å². The van der Waals surface area contributed by atoms with Crippen LogP contribution in [0.25, 0.3) is 0 Å². The molecule has 2 aromatic carbocycles. The lowest BCUT2D eigenvalue weighted by Gasteiger charge is -2.12. The summed E-state index contributed by atoms with van der Waals surface area (Å²) < 4.78 is 0. The van der Waals surface area contributed by atoms with Crippen molar-refractivity contribution >= 4 is 0 Å². The number of aryl methyl sites for hydroxylation is 1. The Balaban J connectivity index is 1.62. The molecule has 0 amide bonds. The van der Waals surface area contributed by atoms with Gasteiger partial charge in [0.2, 0.25) is 0 Å². The fourth-order valence-corrected chi connectivity index (χ4v) is 2.09. The van der Waals surface area contributed by atoms with Crippen molar-refractivity contribution in [2.75, 3.05) is 13.1 Å². The lowest BCUT2D eigenvalue weighted by molar-refractivity contribution is 0.175. The van der Waals surface area contributed by atoms with Crippen LogP contribution in [0.2, 0.25) is 0 Å². The van der Waals surface area contributed by atoms with Gasteiger partial charge >= 0.3 is 0 Å². The molecule has 2 aromatic rings. The number of aliphatic hydroxyl groups is 1. The summed E-state index contributed by atoms with van der Waals surface area (Å²) in [4.78, 5) is 0. The molecule has 0 unspecified atom stereocenters. The molecule has 2 rings (SSSR count). The third-order valence-corrected chi connectivity index (χ3v) is 3.18. The van der Waals surface area contributed by atoms with Crippen LogP contribution in [0.4, 0.5) is 0 Å². The molecule has 0 saturated heterocycles. The quantitative estimate of drug-likeness (QED) is 0.746. The Kier molecular flexibility index (Phi) is 5.60. The highest BCUT2D eigenvalue weighted by Crippen LogP contribution is 2.10. The predicted octanol–water partition coefficient (Wildman–Crippen LogP) is 2.94.